The van der Waals surface area contributed by atoms with E-state index in [0.29, 0.717) is 13.1 Å². The molecule has 0 aliphatic carbocycles. The minimum Gasteiger partial charge on any atom is -0.264 e. The average Bonchev–Trinajstić information content (AvgIpc) is 2.40. The van der Waals surface area contributed by atoms with Gasteiger partial charge in [0.15, 0.2) is 0 Å². The Kier molecular flexibility index (Phi) is 4.52. The van der Waals surface area contributed by atoms with Crippen molar-refractivity contribution in [2.45, 2.75) is 20.0 Å². The molecule has 20 heavy (non-hydrogen) atoms. The number of hydrogen-bond donors (Lipinski definition) is 0. The first-order valence-corrected chi connectivity index (χ1v) is 8.20. The first-order chi connectivity index (χ1) is 9.47. The molecular formula is C15H18N2O2S. The number of aryl methyl sites for hydroxylation is 1. The number of benzene rings is 1. The summed E-state index contributed by atoms with van der Waals surface area (Å²) in [5, 5.41) is 0. The van der Waals surface area contributed by atoms with Crippen LogP contribution < -0.4 is 0 Å². The van der Waals surface area contributed by atoms with Crippen molar-refractivity contribution in [1.82, 2.24) is 9.29 Å². The highest BCUT2D eigenvalue weighted by atomic mass is 32.2. The van der Waals surface area contributed by atoms with Gasteiger partial charge in [-0.2, -0.15) is 4.31 Å². The molecular weight excluding hydrogens is 272 g/mol. The van der Waals surface area contributed by atoms with Crippen molar-refractivity contribution in [1.29, 1.82) is 0 Å². The van der Waals surface area contributed by atoms with E-state index in [4.69, 9.17) is 0 Å². The number of pyridine rings is 1. The minimum absolute atomic E-state index is 0.334. The van der Waals surface area contributed by atoms with Crippen molar-refractivity contribution in [3.63, 3.8) is 0 Å². The van der Waals surface area contributed by atoms with E-state index in [2.05, 4.69) is 4.98 Å². The first kappa shape index (κ1) is 14.7. The third-order valence-electron chi connectivity index (χ3n) is 3.16. The standard InChI is InChI=1S/C15H18N2O2S/c1-13-6-3-4-8-15(13)12-17(20(2,18)19)11-14-7-5-9-16-10-14/h3-10H,11-12H2,1-2H3. The van der Waals surface area contributed by atoms with Gasteiger partial charge in [-0.25, -0.2) is 8.42 Å². The zero-order chi connectivity index (χ0) is 14.6. The fourth-order valence-corrected chi connectivity index (χ4v) is 2.72. The monoisotopic (exact) mass is 290 g/mol. The Balaban J connectivity index is 2.24. The van der Waals surface area contributed by atoms with Crippen LogP contribution in [0.1, 0.15) is 16.7 Å². The van der Waals surface area contributed by atoms with E-state index in [1.54, 1.807) is 12.4 Å². The van der Waals surface area contributed by atoms with Gasteiger partial charge in [0.2, 0.25) is 10.0 Å². The molecule has 0 aliphatic heterocycles. The first-order valence-electron chi connectivity index (χ1n) is 6.35. The van der Waals surface area contributed by atoms with Crippen LogP contribution in [0.4, 0.5) is 0 Å². The van der Waals surface area contributed by atoms with E-state index in [1.165, 1.54) is 10.6 Å². The summed E-state index contributed by atoms with van der Waals surface area (Å²) in [7, 11) is -3.27. The Morgan fingerprint density at radius 3 is 2.45 bits per heavy atom. The minimum atomic E-state index is -3.27. The molecule has 0 spiro atoms. The molecule has 0 fully saturated rings. The van der Waals surface area contributed by atoms with Crippen molar-refractivity contribution < 1.29 is 8.42 Å². The van der Waals surface area contributed by atoms with Crippen LogP contribution in [0, 0.1) is 6.92 Å². The second-order valence-electron chi connectivity index (χ2n) is 4.82. The molecule has 5 heteroatoms. The van der Waals surface area contributed by atoms with Gasteiger partial charge >= 0.3 is 0 Å². The third kappa shape index (κ3) is 3.88. The van der Waals surface area contributed by atoms with Crippen LogP contribution in [0.25, 0.3) is 0 Å². The van der Waals surface area contributed by atoms with Crippen LogP contribution >= 0.6 is 0 Å². The number of hydrogen-bond acceptors (Lipinski definition) is 3. The highest BCUT2D eigenvalue weighted by molar-refractivity contribution is 7.88. The molecule has 0 N–H and O–H groups in total. The molecule has 0 aliphatic rings. The van der Waals surface area contributed by atoms with Crippen molar-refractivity contribution in [3.05, 3.63) is 65.5 Å². The van der Waals surface area contributed by atoms with E-state index >= 15 is 0 Å². The van der Waals surface area contributed by atoms with Gasteiger partial charge in [0.25, 0.3) is 0 Å². The van der Waals surface area contributed by atoms with Gasteiger partial charge in [-0.05, 0) is 29.7 Å². The summed E-state index contributed by atoms with van der Waals surface area (Å²) in [5.74, 6) is 0. The summed E-state index contributed by atoms with van der Waals surface area (Å²) in [6, 6.07) is 11.5. The summed E-state index contributed by atoms with van der Waals surface area (Å²) < 4.78 is 25.4. The molecule has 1 heterocycles. The van der Waals surface area contributed by atoms with Gasteiger partial charge in [0.1, 0.15) is 0 Å². The molecule has 0 unspecified atom stereocenters. The largest absolute Gasteiger partial charge is 0.264 e. The van der Waals surface area contributed by atoms with Crippen LogP contribution in [-0.4, -0.2) is 24.0 Å². The van der Waals surface area contributed by atoms with Crippen LogP contribution in [0.15, 0.2) is 48.8 Å². The molecule has 0 atom stereocenters. The molecule has 4 nitrogen and oxygen atoms in total. The van der Waals surface area contributed by atoms with Crippen molar-refractivity contribution in [2.75, 3.05) is 6.26 Å². The molecule has 1 aromatic heterocycles. The lowest BCUT2D eigenvalue weighted by atomic mass is 10.1. The topological polar surface area (TPSA) is 50.3 Å². The Bertz CT molecular complexity index is 669. The van der Waals surface area contributed by atoms with Gasteiger partial charge in [-0.15, -0.1) is 0 Å². The van der Waals surface area contributed by atoms with Crippen molar-refractivity contribution >= 4 is 10.0 Å². The number of nitrogens with zero attached hydrogens (tertiary/aromatic N) is 2. The lowest BCUT2D eigenvalue weighted by molar-refractivity contribution is 0.404. The fourth-order valence-electron chi connectivity index (χ4n) is 1.96. The van der Waals surface area contributed by atoms with Crippen molar-refractivity contribution in [3.8, 4) is 0 Å². The van der Waals surface area contributed by atoms with Crippen LogP contribution in [-0.2, 0) is 23.1 Å². The molecule has 106 valence electrons. The van der Waals surface area contributed by atoms with Crippen LogP contribution in [0.5, 0.6) is 0 Å². The quantitative estimate of drug-likeness (QED) is 0.849. The summed E-state index contributed by atoms with van der Waals surface area (Å²) in [5.41, 5.74) is 2.99. The highest BCUT2D eigenvalue weighted by Crippen LogP contribution is 2.15. The van der Waals surface area contributed by atoms with E-state index in [-0.39, 0.29) is 0 Å². The summed E-state index contributed by atoms with van der Waals surface area (Å²) in [6.45, 7) is 2.70. The van der Waals surface area contributed by atoms with Gasteiger partial charge in [-0.3, -0.25) is 4.98 Å². The zero-order valence-electron chi connectivity index (χ0n) is 11.7. The van der Waals surface area contributed by atoms with E-state index in [0.717, 1.165) is 16.7 Å². The second kappa shape index (κ2) is 6.15. The average molecular weight is 290 g/mol. The van der Waals surface area contributed by atoms with Gasteiger partial charge < -0.3 is 0 Å². The lowest BCUT2D eigenvalue weighted by Gasteiger charge is -2.21. The Labute approximate surface area is 120 Å². The molecule has 0 amide bonds. The Morgan fingerprint density at radius 2 is 1.85 bits per heavy atom. The molecule has 0 saturated heterocycles. The zero-order valence-corrected chi connectivity index (χ0v) is 12.5. The predicted molar refractivity (Wildman–Crippen MR) is 79.5 cm³/mol. The maximum absolute atomic E-state index is 12.0. The van der Waals surface area contributed by atoms with Crippen LogP contribution in [0.2, 0.25) is 0 Å². The van der Waals surface area contributed by atoms with Gasteiger partial charge in [0.05, 0.1) is 6.26 Å². The fraction of sp³-hybridized carbons (Fsp3) is 0.267. The molecule has 2 rings (SSSR count). The Morgan fingerprint density at radius 1 is 1.10 bits per heavy atom. The molecule has 1 aromatic carbocycles. The predicted octanol–water partition coefficient (Wildman–Crippen LogP) is 2.35. The number of rotatable bonds is 5. The summed E-state index contributed by atoms with van der Waals surface area (Å²) in [6.07, 6.45) is 4.60. The van der Waals surface area contributed by atoms with Gasteiger partial charge in [-0.1, -0.05) is 30.3 Å². The molecule has 2 aromatic rings. The normalized spacial score (nSPS) is 11.8. The number of aromatic nitrogens is 1. The third-order valence-corrected chi connectivity index (χ3v) is 4.35. The van der Waals surface area contributed by atoms with E-state index in [1.807, 2.05) is 43.3 Å². The van der Waals surface area contributed by atoms with E-state index < -0.39 is 10.0 Å². The van der Waals surface area contributed by atoms with Crippen molar-refractivity contribution in [2.24, 2.45) is 0 Å². The molecule has 0 saturated carbocycles. The SMILES string of the molecule is Cc1ccccc1CN(Cc1cccnc1)S(C)(=O)=O. The number of sulfonamides is 1. The maximum atomic E-state index is 12.0. The van der Waals surface area contributed by atoms with Gasteiger partial charge in [0, 0.05) is 25.5 Å². The summed E-state index contributed by atoms with van der Waals surface area (Å²) in [4.78, 5) is 4.02. The Hall–Kier alpha value is -1.72. The second-order valence-corrected chi connectivity index (χ2v) is 6.80. The maximum Gasteiger partial charge on any atom is 0.211 e. The summed E-state index contributed by atoms with van der Waals surface area (Å²) >= 11 is 0. The molecule has 0 radical (unpaired) electrons. The lowest BCUT2D eigenvalue weighted by Crippen LogP contribution is -2.29. The highest BCUT2D eigenvalue weighted by Gasteiger charge is 2.18. The smallest absolute Gasteiger partial charge is 0.211 e. The van der Waals surface area contributed by atoms with E-state index in [9.17, 15) is 8.42 Å². The molecule has 0 bridgehead atoms. The van der Waals surface area contributed by atoms with Crippen LogP contribution in [0.3, 0.4) is 0 Å².